The van der Waals surface area contributed by atoms with Crippen LogP contribution in [-0.4, -0.2) is 49.0 Å². The van der Waals surface area contributed by atoms with Crippen molar-refractivity contribution in [3.05, 3.63) is 88.2 Å². The summed E-state index contributed by atoms with van der Waals surface area (Å²) in [5.74, 6) is 2.43. The average molecular weight is 512 g/mol. The van der Waals surface area contributed by atoms with Gasteiger partial charge in [0, 0.05) is 49.1 Å². The first-order chi connectivity index (χ1) is 18.2. The predicted molar refractivity (Wildman–Crippen MR) is 149 cm³/mol. The number of Topliss-reactive ketones (excluding diaryl/α,β-unsaturated/α-hetero) is 1. The Morgan fingerprint density at radius 2 is 1.65 bits per heavy atom. The number of para-hydroxylation sites is 3. The van der Waals surface area contributed by atoms with Crippen molar-refractivity contribution in [2.45, 2.75) is 18.8 Å². The summed E-state index contributed by atoms with van der Waals surface area (Å²) in [6.07, 6.45) is 1.22. The number of benzene rings is 2. The van der Waals surface area contributed by atoms with Crippen molar-refractivity contribution in [2.24, 2.45) is 0 Å². The molecular weight excluding hydrogens is 482 g/mol. The number of fused-ring (bicyclic) bond motifs is 1. The predicted octanol–water partition coefficient (Wildman–Crippen LogP) is 5.53. The van der Waals surface area contributed by atoms with E-state index in [0.717, 1.165) is 55.4 Å². The number of anilines is 4. The zero-order valence-corrected chi connectivity index (χ0v) is 21.6. The van der Waals surface area contributed by atoms with Crippen molar-refractivity contribution in [3.8, 4) is 5.75 Å². The lowest BCUT2D eigenvalue weighted by atomic mass is 9.85. The van der Waals surface area contributed by atoms with Crippen molar-refractivity contribution in [2.75, 3.05) is 48.4 Å². The molecule has 3 heterocycles. The molecule has 1 atom stereocenters. The zero-order chi connectivity index (χ0) is 25.2. The molecule has 2 aromatic heterocycles. The monoisotopic (exact) mass is 511 g/mol. The highest BCUT2D eigenvalue weighted by Crippen LogP contribution is 2.38. The first-order valence-electron chi connectivity index (χ1n) is 12.6. The number of ether oxygens (including phenoxy) is 1. The highest BCUT2D eigenvalue weighted by Gasteiger charge is 2.33. The SMILES string of the molecule is COc1ccccc1N1CCN(c2nc3c(c(Nc4ccccc4)n2)C(=O)CC(c2cccs2)C3)CC1. The van der Waals surface area contributed by atoms with Crippen LogP contribution >= 0.6 is 11.3 Å². The average Bonchev–Trinajstić information content (AvgIpc) is 3.49. The molecule has 1 fully saturated rings. The van der Waals surface area contributed by atoms with Gasteiger partial charge in [-0.25, -0.2) is 4.98 Å². The van der Waals surface area contributed by atoms with Gasteiger partial charge in [0.15, 0.2) is 5.78 Å². The van der Waals surface area contributed by atoms with Gasteiger partial charge >= 0.3 is 0 Å². The van der Waals surface area contributed by atoms with Crippen molar-refractivity contribution in [1.29, 1.82) is 0 Å². The van der Waals surface area contributed by atoms with Crippen LogP contribution < -0.4 is 19.9 Å². The number of aromatic nitrogens is 2. The van der Waals surface area contributed by atoms with E-state index in [1.807, 2.05) is 48.5 Å². The van der Waals surface area contributed by atoms with Crippen molar-refractivity contribution < 1.29 is 9.53 Å². The van der Waals surface area contributed by atoms with Crippen LogP contribution in [0.15, 0.2) is 72.1 Å². The van der Waals surface area contributed by atoms with E-state index in [2.05, 4.69) is 38.7 Å². The van der Waals surface area contributed by atoms with Gasteiger partial charge in [-0.2, -0.15) is 4.98 Å². The number of carbonyl (C=O) groups is 1. The highest BCUT2D eigenvalue weighted by atomic mass is 32.1. The second-order valence-corrected chi connectivity index (χ2v) is 10.4. The number of rotatable bonds is 6. The Morgan fingerprint density at radius 3 is 2.41 bits per heavy atom. The third kappa shape index (κ3) is 4.76. The van der Waals surface area contributed by atoms with Crippen LogP contribution in [0.4, 0.5) is 23.1 Å². The Hall–Kier alpha value is -3.91. The molecule has 6 rings (SSSR count). The molecule has 2 aromatic carbocycles. The Labute approximate surface area is 220 Å². The lowest BCUT2D eigenvalue weighted by Crippen LogP contribution is -2.47. The molecule has 0 saturated carbocycles. The second kappa shape index (κ2) is 10.2. The largest absolute Gasteiger partial charge is 0.495 e. The molecule has 1 aliphatic heterocycles. The molecule has 1 aliphatic carbocycles. The van der Waals surface area contributed by atoms with Crippen LogP contribution in [0.3, 0.4) is 0 Å². The van der Waals surface area contributed by atoms with Gasteiger partial charge in [-0.1, -0.05) is 36.4 Å². The van der Waals surface area contributed by atoms with Crippen LogP contribution in [0, 0.1) is 0 Å². The molecule has 8 heteroatoms. The molecule has 37 heavy (non-hydrogen) atoms. The lowest BCUT2D eigenvalue weighted by Gasteiger charge is -2.37. The normalized spacial score (nSPS) is 17.4. The second-order valence-electron chi connectivity index (χ2n) is 9.37. The van der Waals surface area contributed by atoms with Crippen molar-refractivity contribution >= 4 is 40.3 Å². The van der Waals surface area contributed by atoms with Crippen LogP contribution in [0.25, 0.3) is 0 Å². The first kappa shape index (κ1) is 23.5. The number of carbonyl (C=O) groups excluding carboxylic acids is 1. The van der Waals surface area contributed by atoms with Gasteiger partial charge < -0.3 is 19.9 Å². The zero-order valence-electron chi connectivity index (χ0n) is 20.8. The van der Waals surface area contributed by atoms with Gasteiger partial charge in [0.25, 0.3) is 0 Å². The molecule has 1 saturated heterocycles. The maximum atomic E-state index is 13.4. The first-order valence-corrected chi connectivity index (χ1v) is 13.5. The minimum absolute atomic E-state index is 0.102. The van der Waals surface area contributed by atoms with E-state index in [0.29, 0.717) is 23.8 Å². The quantitative estimate of drug-likeness (QED) is 0.365. The molecule has 1 N–H and O–H groups in total. The van der Waals surface area contributed by atoms with Crippen LogP contribution in [0.5, 0.6) is 5.75 Å². The number of hydrogen-bond acceptors (Lipinski definition) is 8. The standard InChI is InChI=1S/C29H29N5O2S/c1-36-25-11-6-5-10-23(25)33-13-15-34(16-14-33)29-31-22-18-20(26-12-7-17-37-26)19-24(35)27(22)28(32-29)30-21-8-3-2-4-9-21/h2-12,17,20H,13-16,18-19H2,1H3,(H,30,31,32). The van der Waals surface area contributed by atoms with Gasteiger partial charge in [-0.15, -0.1) is 11.3 Å². The van der Waals surface area contributed by atoms with E-state index in [1.165, 1.54) is 4.88 Å². The molecule has 0 amide bonds. The fraction of sp³-hybridized carbons (Fsp3) is 0.276. The minimum Gasteiger partial charge on any atom is -0.495 e. The van der Waals surface area contributed by atoms with Gasteiger partial charge in [-0.05, 0) is 42.1 Å². The van der Waals surface area contributed by atoms with Gasteiger partial charge in [0.1, 0.15) is 11.6 Å². The molecule has 188 valence electrons. The van der Waals surface area contributed by atoms with Gasteiger partial charge in [-0.3, -0.25) is 4.79 Å². The Morgan fingerprint density at radius 1 is 0.892 bits per heavy atom. The number of nitrogens with one attached hydrogen (secondary N) is 1. The summed E-state index contributed by atoms with van der Waals surface area (Å²) >= 11 is 1.71. The molecule has 1 unspecified atom stereocenters. The van der Waals surface area contributed by atoms with E-state index in [9.17, 15) is 4.79 Å². The fourth-order valence-corrected chi connectivity index (χ4v) is 6.05. The summed E-state index contributed by atoms with van der Waals surface area (Å²) in [4.78, 5) is 29.1. The summed E-state index contributed by atoms with van der Waals surface area (Å²) in [6.45, 7) is 3.23. The topological polar surface area (TPSA) is 70.6 Å². The minimum atomic E-state index is 0.102. The molecule has 0 radical (unpaired) electrons. The Kier molecular flexibility index (Phi) is 6.49. The maximum absolute atomic E-state index is 13.4. The lowest BCUT2D eigenvalue weighted by molar-refractivity contribution is 0.0964. The van der Waals surface area contributed by atoms with E-state index < -0.39 is 0 Å². The maximum Gasteiger partial charge on any atom is 0.227 e. The van der Waals surface area contributed by atoms with Gasteiger partial charge in [0.05, 0.1) is 24.1 Å². The summed E-state index contributed by atoms with van der Waals surface area (Å²) in [5, 5.41) is 5.49. The van der Waals surface area contributed by atoms with Crippen LogP contribution in [0.2, 0.25) is 0 Å². The number of hydrogen-bond donors (Lipinski definition) is 1. The molecule has 0 spiro atoms. The summed E-state index contributed by atoms with van der Waals surface area (Å²) in [5.41, 5.74) is 3.48. The van der Waals surface area contributed by atoms with Crippen molar-refractivity contribution in [1.82, 2.24) is 9.97 Å². The number of piperazine rings is 1. The van der Waals surface area contributed by atoms with Crippen molar-refractivity contribution in [3.63, 3.8) is 0 Å². The Balaban J connectivity index is 1.31. The summed E-state index contributed by atoms with van der Waals surface area (Å²) in [7, 11) is 1.71. The van der Waals surface area contributed by atoms with Crippen LogP contribution in [-0.2, 0) is 6.42 Å². The number of thiophene rings is 1. The van der Waals surface area contributed by atoms with E-state index >= 15 is 0 Å². The highest BCUT2D eigenvalue weighted by molar-refractivity contribution is 7.10. The molecular formula is C29H29N5O2S. The number of nitrogens with zero attached hydrogens (tertiary/aromatic N) is 4. The van der Waals surface area contributed by atoms with Gasteiger partial charge in [0.2, 0.25) is 5.95 Å². The van der Waals surface area contributed by atoms with Crippen LogP contribution in [0.1, 0.15) is 33.3 Å². The fourth-order valence-electron chi connectivity index (χ4n) is 5.22. The van der Waals surface area contributed by atoms with E-state index in [-0.39, 0.29) is 11.7 Å². The van der Waals surface area contributed by atoms with E-state index in [4.69, 9.17) is 14.7 Å². The third-order valence-electron chi connectivity index (χ3n) is 7.09. The third-order valence-corrected chi connectivity index (χ3v) is 8.13. The molecule has 2 aliphatic rings. The smallest absolute Gasteiger partial charge is 0.227 e. The summed E-state index contributed by atoms with van der Waals surface area (Å²) < 4.78 is 5.58. The number of methoxy groups -OCH3 is 1. The Bertz CT molecular complexity index is 1380. The molecule has 4 aromatic rings. The molecule has 0 bridgehead atoms. The number of ketones is 1. The van der Waals surface area contributed by atoms with E-state index in [1.54, 1.807) is 18.4 Å². The molecule has 7 nitrogen and oxygen atoms in total. The summed E-state index contributed by atoms with van der Waals surface area (Å²) in [6, 6.07) is 22.2.